The van der Waals surface area contributed by atoms with Crippen LogP contribution in [0.4, 0.5) is 18.9 Å². The average Bonchev–Trinajstić information content (AvgIpc) is 2.60. The van der Waals surface area contributed by atoms with Gasteiger partial charge in [0.05, 0.1) is 10.5 Å². The first-order valence-electron chi connectivity index (χ1n) is 7.67. The summed E-state index contributed by atoms with van der Waals surface area (Å²) in [7, 11) is 0. The highest BCUT2D eigenvalue weighted by Gasteiger charge is 2.34. The normalized spacial score (nSPS) is 11.6. The predicted octanol–water partition coefficient (Wildman–Crippen LogP) is 4.61. The lowest BCUT2D eigenvalue weighted by Gasteiger charge is -2.13. The van der Waals surface area contributed by atoms with E-state index in [-0.39, 0.29) is 34.6 Å². The maximum Gasteiger partial charge on any atom is 0.417 e. The number of non-ortho nitro benzene ring substituents is 1. The van der Waals surface area contributed by atoms with Crippen LogP contribution in [0.3, 0.4) is 0 Å². The molecule has 0 saturated heterocycles. The van der Waals surface area contributed by atoms with Gasteiger partial charge in [-0.05, 0) is 36.8 Å². The van der Waals surface area contributed by atoms with E-state index in [1.54, 1.807) is 0 Å². The number of hydrogen-bond acceptors (Lipinski definition) is 5. The van der Waals surface area contributed by atoms with Gasteiger partial charge in [0, 0.05) is 29.1 Å². The van der Waals surface area contributed by atoms with Crippen LogP contribution >= 0.6 is 0 Å². The van der Waals surface area contributed by atoms with Crippen molar-refractivity contribution in [1.29, 1.82) is 0 Å². The quantitative estimate of drug-likeness (QED) is 0.376. The Morgan fingerprint density at radius 1 is 1.15 bits per heavy atom. The Balaban J connectivity index is 1.93. The molecule has 0 unspecified atom stereocenters. The molecule has 27 heavy (non-hydrogen) atoms. The van der Waals surface area contributed by atoms with Crippen LogP contribution in [0.2, 0.25) is 0 Å². The summed E-state index contributed by atoms with van der Waals surface area (Å²) in [4.78, 5) is 21.6. The van der Waals surface area contributed by atoms with E-state index in [4.69, 9.17) is 9.15 Å². The van der Waals surface area contributed by atoms with Crippen molar-refractivity contribution in [3.63, 3.8) is 0 Å². The fourth-order valence-corrected chi connectivity index (χ4v) is 2.61. The Labute approximate surface area is 149 Å². The minimum atomic E-state index is -4.69. The zero-order valence-electron chi connectivity index (χ0n) is 13.9. The van der Waals surface area contributed by atoms with Crippen LogP contribution in [0.5, 0.6) is 5.75 Å². The highest BCUT2D eigenvalue weighted by molar-refractivity contribution is 5.85. The van der Waals surface area contributed by atoms with E-state index in [1.165, 1.54) is 43.3 Å². The summed E-state index contributed by atoms with van der Waals surface area (Å²) >= 11 is 0. The van der Waals surface area contributed by atoms with Crippen LogP contribution in [0.15, 0.2) is 51.7 Å². The number of aryl methyl sites for hydroxylation is 1. The molecular weight excluding hydrogens is 367 g/mol. The van der Waals surface area contributed by atoms with Gasteiger partial charge in [-0.1, -0.05) is 0 Å². The molecule has 0 radical (unpaired) electrons. The number of ether oxygens (including phenoxy) is 1. The molecule has 0 amide bonds. The SMILES string of the molecule is Cc1c(OCc2ccc([N+](=O)[O-])cc2)ccc2c(C(F)(F)F)cc(=O)oc12. The van der Waals surface area contributed by atoms with E-state index < -0.39 is 22.3 Å². The van der Waals surface area contributed by atoms with Crippen molar-refractivity contribution in [2.75, 3.05) is 0 Å². The molecule has 9 heteroatoms. The second-order valence-electron chi connectivity index (χ2n) is 5.75. The van der Waals surface area contributed by atoms with Gasteiger partial charge in [-0.15, -0.1) is 0 Å². The first kappa shape index (κ1) is 18.4. The molecule has 0 fully saturated rings. The maximum absolute atomic E-state index is 13.1. The molecule has 0 bridgehead atoms. The molecule has 140 valence electrons. The van der Waals surface area contributed by atoms with Crippen molar-refractivity contribution in [2.24, 2.45) is 0 Å². The smallest absolute Gasteiger partial charge is 0.417 e. The monoisotopic (exact) mass is 379 g/mol. The lowest BCUT2D eigenvalue weighted by atomic mass is 10.1. The number of alkyl halides is 3. The molecule has 0 aliphatic carbocycles. The highest BCUT2D eigenvalue weighted by atomic mass is 19.4. The van der Waals surface area contributed by atoms with Gasteiger partial charge in [0.1, 0.15) is 17.9 Å². The average molecular weight is 379 g/mol. The number of benzene rings is 2. The van der Waals surface area contributed by atoms with Crippen LogP contribution in [0, 0.1) is 17.0 Å². The van der Waals surface area contributed by atoms with E-state index in [2.05, 4.69) is 0 Å². The molecule has 0 aliphatic rings. The first-order valence-corrected chi connectivity index (χ1v) is 7.67. The summed E-state index contributed by atoms with van der Waals surface area (Å²) in [6.45, 7) is 1.52. The number of nitrogens with zero attached hydrogens (tertiary/aromatic N) is 1. The first-order chi connectivity index (χ1) is 12.7. The van der Waals surface area contributed by atoms with Crippen LogP contribution in [0.25, 0.3) is 11.0 Å². The molecule has 3 rings (SSSR count). The highest BCUT2D eigenvalue weighted by Crippen LogP contribution is 2.36. The minimum absolute atomic E-state index is 0.0353. The van der Waals surface area contributed by atoms with Gasteiger partial charge in [0.25, 0.3) is 5.69 Å². The van der Waals surface area contributed by atoms with E-state index in [9.17, 15) is 28.1 Å². The Kier molecular flexibility index (Phi) is 4.61. The summed E-state index contributed by atoms with van der Waals surface area (Å²) in [5, 5.41) is 10.4. The van der Waals surface area contributed by atoms with Crippen molar-refractivity contribution in [3.8, 4) is 5.75 Å². The molecule has 0 N–H and O–H groups in total. The Morgan fingerprint density at radius 2 is 1.81 bits per heavy atom. The molecule has 1 heterocycles. The van der Waals surface area contributed by atoms with Gasteiger partial charge < -0.3 is 9.15 Å². The molecule has 2 aromatic carbocycles. The second kappa shape index (κ2) is 6.75. The fourth-order valence-electron chi connectivity index (χ4n) is 2.61. The van der Waals surface area contributed by atoms with Gasteiger partial charge in [0.2, 0.25) is 0 Å². The van der Waals surface area contributed by atoms with E-state index in [0.717, 1.165) is 0 Å². The molecule has 0 aliphatic heterocycles. The van der Waals surface area contributed by atoms with Gasteiger partial charge >= 0.3 is 11.8 Å². The van der Waals surface area contributed by atoms with Gasteiger partial charge in [-0.2, -0.15) is 13.2 Å². The molecule has 0 saturated carbocycles. The van der Waals surface area contributed by atoms with Crippen LogP contribution < -0.4 is 10.4 Å². The number of nitro groups is 1. The molecule has 6 nitrogen and oxygen atoms in total. The third kappa shape index (κ3) is 3.76. The Hall–Kier alpha value is -3.36. The van der Waals surface area contributed by atoms with Gasteiger partial charge in [-0.25, -0.2) is 4.79 Å². The van der Waals surface area contributed by atoms with Crippen LogP contribution in [-0.4, -0.2) is 4.92 Å². The third-order valence-corrected chi connectivity index (χ3v) is 3.96. The number of halogens is 3. The summed E-state index contributed by atoms with van der Waals surface area (Å²) in [6, 6.07) is 8.62. The molecule has 1 aromatic heterocycles. The molecule has 0 spiro atoms. The van der Waals surface area contributed by atoms with Crippen LogP contribution in [0.1, 0.15) is 16.7 Å². The molecular formula is C18H12F3NO5. The number of hydrogen-bond donors (Lipinski definition) is 0. The predicted molar refractivity (Wildman–Crippen MR) is 89.7 cm³/mol. The lowest BCUT2D eigenvalue weighted by molar-refractivity contribution is -0.384. The Bertz CT molecular complexity index is 1070. The van der Waals surface area contributed by atoms with Crippen molar-refractivity contribution in [1.82, 2.24) is 0 Å². The summed E-state index contributed by atoms with van der Waals surface area (Å²) in [5.74, 6) is 0.239. The third-order valence-electron chi connectivity index (χ3n) is 3.96. The maximum atomic E-state index is 13.1. The topological polar surface area (TPSA) is 82.6 Å². The van der Waals surface area contributed by atoms with Gasteiger partial charge in [-0.3, -0.25) is 10.1 Å². The Morgan fingerprint density at radius 3 is 2.41 bits per heavy atom. The van der Waals surface area contributed by atoms with Crippen molar-refractivity contribution in [3.05, 3.63) is 79.7 Å². The minimum Gasteiger partial charge on any atom is -0.488 e. The van der Waals surface area contributed by atoms with E-state index in [1.807, 2.05) is 0 Å². The molecule has 0 atom stereocenters. The number of fused-ring (bicyclic) bond motifs is 1. The van der Waals surface area contributed by atoms with E-state index >= 15 is 0 Å². The number of nitro benzene ring substituents is 1. The summed E-state index contributed by atoms with van der Waals surface area (Å²) in [6.07, 6.45) is -4.69. The number of rotatable bonds is 4. The zero-order chi connectivity index (χ0) is 19.8. The largest absolute Gasteiger partial charge is 0.488 e. The second-order valence-corrected chi connectivity index (χ2v) is 5.75. The molecule has 3 aromatic rings. The van der Waals surface area contributed by atoms with Crippen molar-refractivity contribution in [2.45, 2.75) is 19.7 Å². The zero-order valence-corrected chi connectivity index (χ0v) is 13.9. The van der Waals surface area contributed by atoms with Gasteiger partial charge in [0.15, 0.2) is 0 Å². The van der Waals surface area contributed by atoms with Crippen molar-refractivity contribution >= 4 is 16.7 Å². The fraction of sp³-hybridized carbons (Fsp3) is 0.167. The van der Waals surface area contributed by atoms with E-state index in [0.29, 0.717) is 11.6 Å². The standard InChI is InChI=1S/C18H12F3NO5/c1-10-15(26-9-11-2-4-12(5-3-11)22(24)25)7-6-13-14(18(19,20)21)8-16(23)27-17(10)13/h2-8H,9H2,1H3. The lowest BCUT2D eigenvalue weighted by Crippen LogP contribution is -2.11. The summed E-state index contributed by atoms with van der Waals surface area (Å²) < 4.78 is 49.9. The van der Waals surface area contributed by atoms with Crippen molar-refractivity contribution < 1.29 is 27.2 Å². The summed E-state index contributed by atoms with van der Waals surface area (Å²) in [5.41, 5.74) is -1.56. The van der Waals surface area contributed by atoms with Crippen LogP contribution in [-0.2, 0) is 12.8 Å².